The van der Waals surface area contributed by atoms with Gasteiger partial charge >= 0.3 is 0 Å². The number of imidazole rings is 1. The van der Waals surface area contributed by atoms with Crippen LogP contribution in [0.25, 0.3) is 11.0 Å². The normalized spacial score (nSPS) is 10.2. The minimum absolute atomic E-state index is 0.378. The Morgan fingerprint density at radius 1 is 1.45 bits per heavy atom. The van der Waals surface area contributed by atoms with Gasteiger partial charge in [0.15, 0.2) is 6.29 Å². The van der Waals surface area contributed by atoms with Gasteiger partial charge in [0.1, 0.15) is 11.2 Å². The summed E-state index contributed by atoms with van der Waals surface area (Å²) >= 11 is 0. The van der Waals surface area contributed by atoms with Crippen LogP contribution in [0.2, 0.25) is 0 Å². The lowest BCUT2D eigenvalue weighted by molar-refractivity contribution is 0.112. The fourth-order valence-corrected chi connectivity index (χ4v) is 0.975. The van der Waals surface area contributed by atoms with Gasteiger partial charge in [-0.25, -0.2) is 4.98 Å². The van der Waals surface area contributed by atoms with E-state index in [-0.39, 0.29) is 0 Å². The Kier molecular flexibility index (Phi) is 1.18. The molecule has 0 aliphatic rings. The molecule has 4 nitrogen and oxygen atoms in total. The third kappa shape index (κ3) is 0.797. The molecule has 0 amide bonds. The van der Waals surface area contributed by atoms with Crippen molar-refractivity contribution >= 4 is 17.3 Å². The number of nitrogens with zero attached hydrogens (tertiary/aromatic N) is 2. The second kappa shape index (κ2) is 2.16. The summed E-state index contributed by atoms with van der Waals surface area (Å²) in [5.74, 6) is 0. The lowest BCUT2D eigenvalue weighted by atomic mass is 10.3. The van der Waals surface area contributed by atoms with Crippen molar-refractivity contribution in [3.63, 3.8) is 0 Å². The molecule has 2 rings (SSSR count). The van der Waals surface area contributed by atoms with Crippen LogP contribution < -0.4 is 0 Å². The molecule has 0 aliphatic heterocycles. The molecule has 0 aliphatic carbocycles. The lowest BCUT2D eigenvalue weighted by Crippen LogP contribution is -1.86. The van der Waals surface area contributed by atoms with E-state index in [9.17, 15) is 4.79 Å². The first-order valence-electron chi connectivity index (χ1n) is 3.15. The van der Waals surface area contributed by atoms with Gasteiger partial charge in [-0.1, -0.05) is 0 Å². The minimum Gasteiger partial charge on any atom is -0.344 e. The molecule has 0 saturated carbocycles. The zero-order valence-corrected chi connectivity index (χ0v) is 5.61. The van der Waals surface area contributed by atoms with Crippen LogP contribution in [0.4, 0.5) is 0 Å². The molecule has 0 aromatic carbocycles. The molecule has 2 aromatic heterocycles. The smallest absolute Gasteiger partial charge is 0.170 e. The standard InChI is InChI=1S/C7H5N3O/c11-3-6-7-5(1-2-8-6)9-4-10-7/h1-4H,(H,9,10). The van der Waals surface area contributed by atoms with Crippen LogP contribution in [0.5, 0.6) is 0 Å². The SMILES string of the molecule is O=Cc1nccc2[nH]cnc12. The molecular formula is C7H5N3O. The van der Waals surface area contributed by atoms with Crippen molar-refractivity contribution in [2.45, 2.75) is 0 Å². The van der Waals surface area contributed by atoms with Gasteiger partial charge in [0.2, 0.25) is 0 Å². The van der Waals surface area contributed by atoms with Gasteiger partial charge in [0.25, 0.3) is 0 Å². The van der Waals surface area contributed by atoms with Crippen molar-refractivity contribution in [3.05, 3.63) is 24.3 Å². The molecule has 0 spiro atoms. The topological polar surface area (TPSA) is 58.6 Å². The number of H-pyrrole nitrogens is 1. The summed E-state index contributed by atoms with van der Waals surface area (Å²) in [6.45, 7) is 0. The molecule has 0 radical (unpaired) electrons. The number of rotatable bonds is 1. The molecule has 1 N–H and O–H groups in total. The predicted molar refractivity (Wildman–Crippen MR) is 39.3 cm³/mol. The van der Waals surface area contributed by atoms with Gasteiger partial charge in [-0.3, -0.25) is 9.78 Å². The zero-order valence-electron chi connectivity index (χ0n) is 5.61. The van der Waals surface area contributed by atoms with Gasteiger partial charge < -0.3 is 4.98 Å². The maximum atomic E-state index is 10.4. The van der Waals surface area contributed by atoms with Crippen LogP contribution in [0.3, 0.4) is 0 Å². The first-order chi connectivity index (χ1) is 5.42. The molecular weight excluding hydrogens is 142 g/mol. The summed E-state index contributed by atoms with van der Waals surface area (Å²) in [5.41, 5.74) is 1.84. The Hall–Kier alpha value is -1.71. The summed E-state index contributed by atoms with van der Waals surface area (Å²) in [5, 5.41) is 0. The van der Waals surface area contributed by atoms with Crippen molar-refractivity contribution < 1.29 is 4.79 Å². The third-order valence-corrected chi connectivity index (χ3v) is 1.48. The van der Waals surface area contributed by atoms with Crippen LogP contribution in [0.1, 0.15) is 10.5 Å². The van der Waals surface area contributed by atoms with E-state index in [1.54, 1.807) is 18.6 Å². The number of fused-ring (bicyclic) bond motifs is 1. The second-order valence-electron chi connectivity index (χ2n) is 2.11. The van der Waals surface area contributed by atoms with E-state index in [0.29, 0.717) is 17.5 Å². The fraction of sp³-hybridized carbons (Fsp3) is 0. The second-order valence-corrected chi connectivity index (χ2v) is 2.11. The van der Waals surface area contributed by atoms with Gasteiger partial charge in [0.05, 0.1) is 11.8 Å². The number of carbonyl (C=O) groups is 1. The maximum absolute atomic E-state index is 10.4. The number of hydrogen-bond acceptors (Lipinski definition) is 3. The summed E-state index contributed by atoms with van der Waals surface area (Å²) < 4.78 is 0. The number of hydrogen-bond donors (Lipinski definition) is 1. The van der Waals surface area contributed by atoms with Crippen molar-refractivity contribution in [2.24, 2.45) is 0 Å². The summed E-state index contributed by atoms with van der Waals surface area (Å²) in [7, 11) is 0. The Labute approximate surface area is 62.3 Å². The van der Waals surface area contributed by atoms with E-state index in [1.807, 2.05) is 0 Å². The molecule has 0 saturated heterocycles. The quantitative estimate of drug-likeness (QED) is 0.606. The van der Waals surface area contributed by atoms with Gasteiger partial charge in [-0.05, 0) is 6.07 Å². The van der Waals surface area contributed by atoms with Gasteiger partial charge in [-0.2, -0.15) is 0 Å². The van der Waals surface area contributed by atoms with Crippen LogP contribution >= 0.6 is 0 Å². The summed E-state index contributed by atoms with van der Waals surface area (Å²) in [6.07, 6.45) is 3.81. The van der Waals surface area contributed by atoms with E-state index >= 15 is 0 Å². The Morgan fingerprint density at radius 2 is 2.36 bits per heavy atom. The van der Waals surface area contributed by atoms with Crippen LogP contribution in [-0.2, 0) is 0 Å². The highest BCUT2D eigenvalue weighted by Crippen LogP contribution is 2.08. The van der Waals surface area contributed by atoms with Crippen LogP contribution in [0.15, 0.2) is 18.6 Å². The van der Waals surface area contributed by atoms with E-state index in [0.717, 1.165) is 5.52 Å². The molecule has 0 fully saturated rings. The van der Waals surface area contributed by atoms with Crippen molar-refractivity contribution in [3.8, 4) is 0 Å². The van der Waals surface area contributed by atoms with Crippen molar-refractivity contribution in [2.75, 3.05) is 0 Å². The number of aromatic amines is 1. The maximum Gasteiger partial charge on any atom is 0.170 e. The Balaban J connectivity index is 2.88. The monoisotopic (exact) mass is 147 g/mol. The van der Waals surface area contributed by atoms with E-state index in [2.05, 4.69) is 15.0 Å². The third-order valence-electron chi connectivity index (χ3n) is 1.48. The van der Waals surface area contributed by atoms with Crippen molar-refractivity contribution in [1.29, 1.82) is 0 Å². The van der Waals surface area contributed by atoms with Crippen molar-refractivity contribution in [1.82, 2.24) is 15.0 Å². The average molecular weight is 147 g/mol. The number of aldehydes is 1. The highest BCUT2D eigenvalue weighted by atomic mass is 16.1. The van der Waals surface area contributed by atoms with Crippen LogP contribution in [-0.4, -0.2) is 21.2 Å². The Morgan fingerprint density at radius 3 is 3.18 bits per heavy atom. The van der Waals surface area contributed by atoms with Crippen LogP contribution in [0, 0.1) is 0 Å². The number of carbonyl (C=O) groups excluding carboxylic acids is 1. The summed E-state index contributed by atoms with van der Waals surface area (Å²) in [6, 6.07) is 1.77. The number of aromatic nitrogens is 3. The minimum atomic E-state index is 0.378. The zero-order chi connectivity index (χ0) is 7.68. The molecule has 0 bridgehead atoms. The first-order valence-corrected chi connectivity index (χ1v) is 3.15. The van der Waals surface area contributed by atoms with Gasteiger partial charge in [0, 0.05) is 6.20 Å². The number of nitrogens with one attached hydrogen (secondary N) is 1. The lowest BCUT2D eigenvalue weighted by Gasteiger charge is -1.88. The van der Waals surface area contributed by atoms with E-state index in [1.165, 1.54) is 0 Å². The average Bonchev–Trinajstić information content (AvgIpc) is 2.50. The number of pyridine rings is 1. The fourth-order valence-electron chi connectivity index (χ4n) is 0.975. The Bertz CT molecular complexity index is 393. The van der Waals surface area contributed by atoms with Gasteiger partial charge in [-0.15, -0.1) is 0 Å². The highest BCUT2D eigenvalue weighted by Gasteiger charge is 2.01. The van der Waals surface area contributed by atoms with E-state index in [4.69, 9.17) is 0 Å². The molecule has 2 aromatic rings. The molecule has 4 heteroatoms. The molecule has 0 atom stereocenters. The molecule has 0 unspecified atom stereocenters. The first kappa shape index (κ1) is 6.03. The molecule has 54 valence electrons. The summed E-state index contributed by atoms with van der Waals surface area (Å²) in [4.78, 5) is 21.1. The largest absolute Gasteiger partial charge is 0.344 e. The molecule has 11 heavy (non-hydrogen) atoms. The van der Waals surface area contributed by atoms with E-state index < -0.39 is 0 Å². The highest BCUT2D eigenvalue weighted by molar-refractivity contribution is 5.91. The molecule has 2 heterocycles. The predicted octanol–water partition coefficient (Wildman–Crippen LogP) is 0.770.